The molecule has 0 aliphatic heterocycles. The molecule has 1 aliphatic carbocycles. The van der Waals surface area contributed by atoms with Crippen LogP contribution in [0.4, 0.5) is 17.3 Å². The predicted molar refractivity (Wildman–Crippen MR) is 92.6 cm³/mol. The quantitative estimate of drug-likeness (QED) is 0.456. The molecule has 5 nitrogen and oxygen atoms in total. The van der Waals surface area contributed by atoms with Crippen molar-refractivity contribution in [1.29, 1.82) is 0 Å². The van der Waals surface area contributed by atoms with Crippen LogP contribution in [0.3, 0.4) is 0 Å². The van der Waals surface area contributed by atoms with Gasteiger partial charge in [0.25, 0.3) is 0 Å². The first-order chi connectivity index (χ1) is 11.3. The molecule has 24 heavy (non-hydrogen) atoms. The smallest absolute Gasteiger partial charge is 0.153 e. The van der Waals surface area contributed by atoms with E-state index < -0.39 is 0 Å². The van der Waals surface area contributed by atoms with E-state index in [4.69, 9.17) is 5.73 Å². The third kappa shape index (κ3) is 4.53. The molecule has 1 saturated carbocycles. The summed E-state index contributed by atoms with van der Waals surface area (Å²) in [6, 6.07) is 15.4. The van der Waals surface area contributed by atoms with Crippen molar-refractivity contribution in [2.75, 3.05) is 5.32 Å². The summed E-state index contributed by atoms with van der Waals surface area (Å²) in [5.74, 6) is 2.24. The van der Waals surface area contributed by atoms with Gasteiger partial charge in [0, 0.05) is 66.6 Å². The molecule has 2 aromatic heterocycles. The number of rotatable bonds is 5. The van der Waals surface area contributed by atoms with E-state index in [2.05, 4.69) is 26.6 Å². The standard InChI is InChI=1S/C17H16N5S.Ac/c18-12-6-8-13(9-7-12)23-17-3-1-2-15(20-17)19-16-10-14(21-22-16)11-4-5-11;/h1-3,6-11,18H,4-5H2,(H2,19,20,21,22);/q-1;. The molecule has 3 N–H and O–H groups in total. The van der Waals surface area contributed by atoms with Gasteiger partial charge in [0.15, 0.2) is 5.82 Å². The first kappa shape index (κ1) is 17.8. The van der Waals surface area contributed by atoms with Gasteiger partial charge in [-0.05, 0) is 37.1 Å². The number of hydrogen-bond acceptors (Lipinski definition) is 4. The van der Waals surface area contributed by atoms with Crippen molar-refractivity contribution in [2.45, 2.75) is 28.7 Å². The summed E-state index contributed by atoms with van der Waals surface area (Å²) in [5, 5.41) is 11.5. The summed E-state index contributed by atoms with van der Waals surface area (Å²) in [7, 11) is 0. The van der Waals surface area contributed by atoms with Crippen molar-refractivity contribution >= 4 is 29.1 Å². The van der Waals surface area contributed by atoms with Gasteiger partial charge in [-0.2, -0.15) is 5.10 Å². The van der Waals surface area contributed by atoms with Gasteiger partial charge in [-0.15, -0.1) is 5.69 Å². The van der Waals surface area contributed by atoms with Gasteiger partial charge in [-0.1, -0.05) is 30.0 Å². The second-order valence-corrected chi connectivity index (χ2v) is 6.69. The Morgan fingerprint density at radius 2 is 1.88 bits per heavy atom. The zero-order valence-electron chi connectivity index (χ0n) is 13.0. The Morgan fingerprint density at radius 3 is 2.62 bits per heavy atom. The summed E-state index contributed by atoms with van der Waals surface area (Å²) < 4.78 is 0. The molecule has 119 valence electrons. The largest absolute Gasteiger partial charge is 0.699 e. The van der Waals surface area contributed by atoms with Crippen molar-refractivity contribution in [2.24, 2.45) is 0 Å². The zero-order chi connectivity index (χ0) is 15.6. The van der Waals surface area contributed by atoms with Gasteiger partial charge in [-0.3, -0.25) is 5.10 Å². The number of nitrogens with one attached hydrogen (secondary N) is 3. The number of aromatic nitrogens is 3. The first-order valence-corrected chi connectivity index (χ1v) is 8.37. The topological polar surface area (TPSA) is 77.4 Å². The van der Waals surface area contributed by atoms with Crippen LogP contribution in [0.1, 0.15) is 24.5 Å². The van der Waals surface area contributed by atoms with Crippen LogP contribution in [0.5, 0.6) is 0 Å². The van der Waals surface area contributed by atoms with E-state index >= 15 is 0 Å². The predicted octanol–water partition coefficient (Wildman–Crippen LogP) is 5.26. The number of H-pyrrole nitrogens is 1. The molecule has 0 spiro atoms. The molecule has 0 amide bonds. The molecule has 1 aromatic carbocycles. The average Bonchev–Trinajstić information content (AvgIpc) is 3.30. The van der Waals surface area contributed by atoms with Crippen LogP contribution < -0.4 is 5.32 Å². The Kier molecular flexibility index (Phi) is 5.85. The molecule has 2 heterocycles. The Hall–Kier alpha value is -1.03. The molecule has 1 fully saturated rings. The minimum atomic E-state index is 0. The monoisotopic (exact) mass is 549 g/mol. The van der Waals surface area contributed by atoms with Crippen LogP contribution in [-0.4, -0.2) is 15.2 Å². The number of anilines is 2. The summed E-state index contributed by atoms with van der Waals surface area (Å²) in [6.45, 7) is 0. The maximum Gasteiger partial charge on any atom is 0.153 e. The number of nitrogens with zero attached hydrogens (tertiary/aromatic N) is 2. The maximum absolute atomic E-state index is 7.52. The summed E-state index contributed by atoms with van der Waals surface area (Å²) >= 11 is 1.58. The van der Waals surface area contributed by atoms with Gasteiger partial charge in [0.2, 0.25) is 0 Å². The van der Waals surface area contributed by atoms with Crippen LogP contribution in [0.25, 0.3) is 5.73 Å². The Bertz CT molecular complexity index is 814. The van der Waals surface area contributed by atoms with Gasteiger partial charge in [0.05, 0.1) is 0 Å². The van der Waals surface area contributed by atoms with Gasteiger partial charge in [0.1, 0.15) is 10.8 Å². The van der Waals surface area contributed by atoms with Gasteiger partial charge >= 0.3 is 0 Å². The van der Waals surface area contributed by atoms with Crippen LogP contribution >= 0.6 is 11.8 Å². The molecule has 3 aromatic rings. The fourth-order valence-electron chi connectivity index (χ4n) is 2.32. The number of hydrogen-bond donors (Lipinski definition) is 2. The second kappa shape index (κ2) is 7.90. The van der Waals surface area contributed by atoms with Crippen LogP contribution in [0, 0.1) is 44.1 Å². The van der Waals surface area contributed by atoms with Crippen molar-refractivity contribution in [1.82, 2.24) is 15.2 Å². The molecule has 0 saturated heterocycles. The maximum atomic E-state index is 7.52. The molecule has 4 rings (SSSR count). The van der Waals surface area contributed by atoms with Crippen molar-refractivity contribution < 1.29 is 44.1 Å². The molecule has 0 unspecified atom stereocenters. The van der Waals surface area contributed by atoms with Crippen LogP contribution in [-0.2, 0) is 0 Å². The SMILES string of the molecule is [Ac].[NH-]c1ccc(Sc2cccc(Nc3cc(C4CC4)[nH]n3)n2)cc1. The minimum absolute atomic E-state index is 0. The number of pyridine rings is 1. The molecule has 0 atom stereocenters. The van der Waals surface area contributed by atoms with E-state index in [0.29, 0.717) is 11.6 Å². The molecular weight excluding hydrogens is 533 g/mol. The zero-order valence-corrected chi connectivity index (χ0v) is 18.6. The molecular formula is C17H16AcN5S-. The van der Waals surface area contributed by atoms with Crippen LogP contribution in [0.15, 0.2) is 58.5 Å². The summed E-state index contributed by atoms with van der Waals surface area (Å²) in [4.78, 5) is 5.68. The van der Waals surface area contributed by atoms with E-state index in [1.807, 2.05) is 30.3 Å². The fourth-order valence-corrected chi connectivity index (χ4v) is 3.12. The van der Waals surface area contributed by atoms with E-state index in [1.54, 1.807) is 23.9 Å². The average molecular weight is 549 g/mol. The van der Waals surface area contributed by atoms with Gasteiger partial charge < -0.3 is 11.1 Å². The number of benzene rings is 1. The van der Waals surface area contributed by atoms with Crippen molar-refractivity contribution in [3.63, 3.8) is 0 Å². The van der Waals surface area contributed by atoms with E-state index in [9.17, 15) is 0 Å². The summed E-state index contributed by atoms with van der Waals surface area (Å²) in [6.07, 6.45) is 2.51. The summed E-state index contributed by atoms with van der Waals surface area (Å²) in [5.41, 5.74) is 9.24. The Balaban J connectivity index is 0.00000169. The van der Waals surface area contributed by atoms with Crippen molar-refractivity contribution in [3.05, 3.63) is 60.0 Å². The first-order valence-electron chi connectivity index (χ1n) is 7.55. The van der Waals surface area contributed by atoms with Gasteiger partial charge in [-0.25, -0.2) is 4.98 Å². The molecule has 7 heteroatoms. The Labute approximate surface area is 180 Å². The van der Waals surface area contributed by atoms with E-state index in [1.165, 1.54) is 18.5 Å². The van der Waals surface area contributed by atoms with E-state index in [-0.39, 0.29) is 44.1 Å². The second-order valence-electron chi connectivity index (χ2n) is 5.60. The third-order valence-corrected chi connectivity index (χ3v) is 4.62. The van der Waals surface area contributed by atoms with E-state index in [0.717, 1.165) is 21.6 Å². The fraction of sp³-hybridized carbons (Fsp3) is 0.176. The Morgan fingerprint density at radius 1 is 1.08 bits per heavy atom. The third-order valence-electron chi connectivity index (χ3n) is 3.67. The normalized spacial score (nSPS) is 13.3. The molecule has 1 aliphatic rings. The molecule has 0 bridgehead atoms. The minimum Gasteiger partial charge on any atom is -0.699 e. The van der Waals surface area contributed by atoms with Crippen molar-refractivity contribution in [3.8, 4) is 0 Å². The molecule has 1 radical (unpaired) electrons. The van der Waals surface area contributed by atoms with Crippen LogP contribution in [0.2, 0.25) is 0 Å². The number of aromatic amines is 1.